The number of nitrogens with one attached hydrogen (secondary N) is 2. The van der Waals surface area contributed by atoms with Crippen LogP contribution >= 0.6 is 0 Å². The number of ether oxygens (including phenoxy) is 1. The van der Waals surface area contributed by atoms with Crippen molar-refractivity contribution < 1.29 is 17.9 Å². The molecule has 0 atom stereocenters. The summed E-state index contributed by atoms with van der Waals surface area (Å²) in [7, 11) is -2.13. The minimum Gasteiger partial charge on any atom is -0.380 e. The first-order valence-corrected chi connectivity index (χ1v) is 10.9. The Kier molecular flexibility index (Phi) is 6.54. The van der Waals surface area contributed by atoms with E-state index in [2.05, 4.69) is 10.0 Å². The average molecular weight is 425 g/mol. The molecular weight excluding hydrogens is 400 g/mol. The first-order valence-electron chi connectivity index (χ1n) is 9.38. The van der Waals surface area contributed by atoms with E-state index in [4.69, 9.17) is 4.74 Å². The Morgan fingerprint density at radius 2 is 1.50 bits per heavy atom. The molecule has 0 saturated carbocycles. The van der Waals surface area contributed by atoms with Gasteiger partial charge in [-0.1, -0.05) is 30.3 Å². The zero-order valence-electron chi connectivity index (χ0n) is 17.1. The van der Waals surface area contributed by atoms with Gasteiger partial charge in [0.2, 0.25) is 0 Å². The minimum absolute atomic E-state index is 0.118. The number of hydrogen-bond donors (Lipinski definition) is 2. The molecule has 1 amide bonds. The lowest BCUT2D eigenvalue weighted by Crippen LogP contribution is -2.15. The third kappa shape index (κ3) is 5.06. The molecule has 6 nitrogen and oxygen atoms in total. The highest BCUT2D eigenvalue weighted by molar-refractivity contribution is 7.92. The van der Waals surface area contributed by atoms with Gasteiger partial charge in [0.05, 0.1) is 17.2 Å². The van der Waals surface area contributed by atoms with E-state index in [1.807, 2.05) is 44.2 Å². The van der Waals surface area contributed by atoms with E-state index in [-0.39, 0.29) is 10.8 Å². The van der Waals surface area contributed by atoms with E-state index in [0.717, 1.165) is 16.7 Å². The molecule has 2 N–H and O–H groups in total. The molecule has 3 aromatic rings. The minimum atomic E-state index is -3.74. The normalized spacial score (nSPS) is 11.2. The molecule has 0 aliphatic rings. The molecule has 7 heteroatoms. The van der Waals surface area contributed by atoms with Crippen LogP contribution < -0.4 is 10.0 Å². The summed E-state index contributed by atoms with van der Waals surface area (Å²) in [6.07, 6.45) is 0. The van der Waals surface area contributed by atoms with Crippen LogP contribution in [0.25, 0.3) is 0 Å². The van der Waals surface area contributed by atoms with Crippen molar-refractivity contribution >= 4 is 27.3 Å². The van der Waals surface area contributed by atoms with Crippen LogP contribution in [0.3, 0.4) is 0 Å². The summed E-state index contributed by atoms with van der Waals surface area (Å²) < 4.78 is 33.2. The number of sulfonamides is 1. The van der Waals surface area contributed by atoms with E-state index in [0.29, 0.717) is 23.5 Å². The molecule has 0 heterocycles. The Bertz CT molecular complexity index is 1120. The molecule has 30 heavy (non-hydrogen) atoms. The van der Waals surface area contributed by atoms with Crippen LogP contribution in [0.4, 0.5) is 11.4 Å². The van der Waals surface area contributed by atoms with Gasteiger partial charge < -0.3 is 10.1 Å². The first kappa shape index (κ1) is 21.5. The van der Waals surface area contributed by atoms with Crippen molar-refractivity contribution in [3.8, 4) is 0 Å². The molecule has 3 rings (SSSR count). The fourth-order valence-electron chi connectivity index (χ4n) is 3.01. The molecule has 156 valence electrons. The van der Waals surface area contributed by atoms with Gasteiger partial charge in [0.15, 0.2) is 0 Å². The Hall–Kier alpha value is -3.16. The third-order valence-corrected chi connectivity index (χ3v) is 6.03. The van der Waals surface area contributed by atoms with Crippen molar-refractivity contribution in [1.82, 2.24) is 0 Å². The Morgan fingerprint density at radius 3 is 2.07 bits per heavy atom. The lowest BCUT2D eigenvalue weighted by molar-refractivity contribution is 0.102. The quantitative estimate of drug-likeness (QED) is 0.585. The second-order valence-electron chi connectivity index (χ2n) is 6.98. The summed E-state index contributed by atoms with van der Waals surface area (Å²) in [6, 6.07) is 18.7. The van der Waals surface area contributed by atoms with E-state index < -0.39 is 10.0 Å². The molecule has 0 saturated heterocycles. The molecule has 3 aromatic carbocycles. The molecular formula is C23H24N2O4S. The number of methoxy groups -OCH3 is 1. The number of para-hydroxylation sites is 1. The van der Waals surface area contributed by atoms with E-state index >= 15 is 0 Å². The molecule has 0 bridgehead atoms. The number of aryl methyl sites for hydroxylation is 2. The van der Waals surface area contributed by atoms with Crippen LogP contribution in [0.1, 0.15) is 27.0 Å². The summed E-state index contributed by atoms with van der Waals surface area (Å²) in [5, 5.41) is 2.77. The van der Waals surface area contributed by atoms with Gasteiger partial charge in [-0.25, -0.2) is 8.42 Å². The summed E-state index contributed by atoms with van der Waals surface area (Å²) in [4.78, 5) is 12.5. The Labute approximate surface area is 177 Å². The highest BCUT2D eigenvalue weighted by Crippen LogP contribution is 2.24. The Balaban J connectivity index is 1.71. The zero-order chi connectivity index (χ0) is 21.7. The smallest absolute Gasteiger partial charge is 0.261 e. The summed E-state index contributed by atoms with van der Waals surface area (Å²) >= 11 is 0. The number of amides is 1. The number of anilines is 2. The van der Waals surface area contributed by atoms with Crippen molar-refractivity contribution in [2.45, 2.75) is 25.3 Å². The van der Waals surface area contributed by atoms with Crippen LogP contribution in [0.15, 0.2) is 71.6 Å². The van der Waals surface area contributed by atoms with Crippen LogP contribution in [-0.2, 0) is 21.4 Å². The predicted molar refractivity (Wildman–Crippen MR) is 118 cm³/mol. The molecule has 0 radical (unpaired) electrons. The molecule has 0 aliphatic heterocycles. The van der Waals surface area contributed by atoms with Crippen LogP contribution in [0.5, 0.6) is 0 Å². The maximum absolute atomic E-state index is 12.7. The van der Waals surface area contributed by atoms with Crippen molar-refractivity contribution in [1.29, 1.82) is 0 Å². The van der Waals surface area contributed by atoms with Gasteiger partial charge in [-0.2, -0.15) is 0 Å². The summed E-state index contributed by atoms with van der Waals surface area (Å²) in [5.41, 5.74) is 4.25. The number of carbonyl (C=O) groups is 1. The fraction of sp³-hybridized carbons (Fsp3) is 0.174. The maximum atomic E-state index is 12.7. The van der Waals surface area contributed by atoms with Gasteiger partial charge in [0, 0.05) is 18.4 Å². The van der Waals surface area contributed by atoms with E-state index in [9.17, 15) is 13.2 Å². The fourth-order valence-corrected chi connectivity index (χ4v) is 4.21. The van der Waals surface area contributed by atoms with Gasteiger partial charge in [-0.3, -0.25) is 9.52 Å². The molecule has 0 aromatic heterocycles. The van der Waals surface area contributed by atoms with Crippen LogP contribution in [0, 0.1) is 13.8 Å². The average Bonchev–Trinajstić information content (AvgIpc) is 2.72. The van der Waals surface area contributed by atoms with Crippen molar-refractivity contribution in [2.75, 3.05) is 17.1 Å². The monoisotopic (exact) mass is 424 g/mol. The van der Waals surface area contributed by atoms with Crippen molar-refractivity contribution in [2.24, 2.45) is 0 Å². The second kappa shape index (κ2) is 9.11. The lowest BCUT2D eigenvalue weighted by atomic mass is 10.1. The van der Waals surface area contributed by atoms with E-state index in [1.54, 1.807) is 31.4 Å². The van der Waals surface area contributed by atoms with E-state index in [1.165, 1.54) is 12.1 Å². The van der Waals surface area contributed by atoms with Gasteiger partial charge in [-0.05, 0) is 66.9 Å². The van der Waals surface area contributed by atoms with Gasteiger partial charge in [0.25, 0.3) is 15.9 Å². The Morgan fingerprint density at radius 1 is 0.900 bits per heavy atom. The van der Waals surface area contributed by atoms with Crippen molar-refractivity contribution in [3.63, 3.8) is 0 Å². The third-order valence-electron chi connectivity index (χ3n) is 4.67. The number of carbonyl (C=O) groups excluding carboxylic acids is 1. The zero-order valence-corrected chi connectivity index (χ0v) is 17.9. The highest BCUT2D eigenvalue weighted by atomic mass is 32.2. The number of hydrogen-bond acceptors (Lipinski definition) is 4. The van der Waals surface area contributed by atoms with Gasteiger partial charge >= 0.3 is 0 Å². The molecule has 0 unspecified atom stereocenters. The topological polar surface area (TPSA) is 84.5 Å². The second-order valence-corrected chi connectivity index (χ2v) is 8.66. The highest BCUT2D eigenvalue weighted by Gasteiger charge is 2.17. The largest absolute Gasteiger partial charge is 0.380 e. The standard InChI is InChI=1S/C23H24N2O4S/c1-16-5-4-6-17(2)22(16)25-30(27,28)21-13-11-20(12-14-21)24-23(26)19-9-7-18(8-10-19)15-29-3/h4-14,25H,15H2,1-3H3,(H,24,26). The predicted octanol–water partition coefficient (Wildman–Crippen LogP) is 4.50. The maximum Gasteiger partial charge on any atom is 0.261 e. The SMILES string of the molecule is COCc1ccc(C(=O)Nc2ccc(S(=O)(=O)Nc3c(C)cccc3C)cc2)cc1. The van der Waals surface area contributed by atoms with Gasteiger partial charge in [-0.15, -0.1) is 0 Å². The lowest BCUT2D eigenvalue weighted by Gasteiger charge is -2.13. The summed E-state index contributed by atoms with van der Waals surface area (Å²) in [5.74, 6) is -0.275. The molecule has 0 aliphatic carbocycles. The number of rotatable bonds is 7. The van der Waals surface area contributed by atoms with Crippen molar-refractivity contribution in [3.05, 3.63) is 89.0 Å². The number of benzene rings is 3. The first-order chi connectivity index (χ1) is 14.3. The molecule has 0 fully saturated rings. The molecule has 0 spiro atoms. The summed E-state index contributed by atoms with van der Waals surface area (Å²) in [6.45, 7) is 4.19. The van der Waals surface area contributed by atoms with Crippen LogP contribution in [-0.4, -0.2) is 21.4 Å². The van der Waals surface area contributed by atoms with Crippen LogP contribution in [0.2, 0.25) is 0 Å². The van der Waals surface area contributed by atoms with Gasteiger partial charge in [0.1, 0.15) is 0 Å².